The van der Waals surface area contributed by atoms with Gasteiger partial charge in [0.25, 0.3) is 11.8 Å². The van der Waals surface area contributed by atoms with Gasteiger partial charge in [-0.3, -0.25) is 9.59 Å². The first-order valence-electron chi connectivity index (χ1n) is 9.56. The van der Waals surface area contributed by atoms with Crippen molar-refractivity contribution in [2.75, 3.05) is 45.2 Å². The SMILES string of the molecule is COc1ccccc1C1=C(N2CCN(C)CC2)C(=O)N(c2cc(Cl)cc(Cl)c2)C1=O. The van der Waals surface area contributed by atoms with Gasteiger partial charge in [-0.05, 0) is 31.3 Å². The van der Waals surface area contributed by atoms with Crippen molar-refractivity contribution in [3.8, 4) is 5.75 Å². The Bertz CT molecular complexity index is 1030. The average molecular weight is 446 g/mol. The maximum atomic E-state index is 13.6. The smallest absolute Gasteiger partial charge is 0.282 e. The molecule has 2 aromatic rings. The second kappa shape index (κ2) is 8.30. The number of hydrogen-bond donors (Lipinski definition) is 0. The van der Waals surface area contributed by atoms with Gasteiger partial charge in [0.05, 0.1) is 18.4 Å². The minimum Gasteiger partial charge on any atom is -0.496 e. The van der Waals surface area contributed by atoms with Crippen LogP contribution >= 0.6 is 23.2 Å². The van der Waals surface area contributed by atoms with E-state index in [2.05, 4.69) is 4.90 Å². The van der Waals surface area contributed by atoms with Crippen molar-refractivity contribution in [3.63, 3.8) is 0 Å². The third kappa shape index (κ3) is 3.67. The summed E-state index contributed by atoms with van der Waals surface area (Å²) in [5, 5.41) is 0.704. The molecule has 0 saturated carbocycles. The lowest BCUT2D eigenvalue weighted by Gasteiger charge is -2.34. The number of hydrogen-bond acceptors (Lipinski definition) is 5. The van der Waals surface area contributed by atoms with Gasteiger partial charge in [0.1, 0.15) is 11.4 Å². The molecule has 30 heavy (non-hydrogen) atoms. The van der Waals surface area contributed by atoms with E-state index in [-0.39, 0.29) is 5.91 Å². The summed E-state index contributed by atoms with van der Waals surface area (Å²) >= 11 is 12.3. The molecule has 0 N–H and O–H groups in total. The number of rotatable bonds is 4. The molecule has 2 aliphatic heterocycles. The molecular weight excluding hydrogens is 425 g/mol. The second-order valence-corrected chi connectivity index (χ2v) is 8.16. The molecule has 156 valence electrons. The Balaban J connectivity index is 1.86. The van der Waals surface area contributed by atoms with Crippen LogP contribution in [0.5, 0.6) is 5.75 Å². The molecule has 2 heterocycles. The van der Waals surface area contributed by atoms with Gasteiger partial charge in [0.15, 0.2) is 0 Å². The molecule has 6 nitrogen and oxygen atoms in total. The van der Waals surface area contributed by atoms with Crippen LogP contribution in [0.15, 0.2) is 48.2 Å². The third-order valence-corrected chi connectivity index (χ3v) is 5.80. The van der Waals surface area contributed by atoms with E-state index in [1.54, 1.807) is 37.4 Å². The zero-order valence-corrected chi connectivity index (χ0v) is 18.2. The molecule has 0 radical (unpaired) electrons. The first-order valence-corrected chi connectivity index (χ1v) is 10.3. The van der Waals surface area contributed by atoms with E-state index in [1.165, 1.54) is 0 Å². The van der Waals surface area contributed by atoms with E-state index in [4.69, 9.17) is 27.9 Å². The molecule has 8 heteroatoms. The fraction of sp³-hybridized carbons (Fsp3) is 0.273. The summed E-state index contributed by atoms with van der Waals surface area (Å²) in [6, 6.07) is 11.9. The molecule has 2 amide bonds. The molecule has 0 bridgehead atoms. The highest BCUT2D eigenvalue weighted by Gasteiger charge is 2.43. The molecule has 0 aliphatic carbocycles. The first-order chi connectivity index (χ1) is 14.4. The van der Waals surface area contributed by atoms with Gasteiger partial charge in [-0.1, -0.05) is 41.4 Å². The van der Waals surface area contributed by atoms with Crippen molar-refractivity contribution in [1.29, 1.82) is 0 Å². The fourth-order valence-electron chi connectivity index (χ4n) is 3.84. The predicted molar refractivity (Wildman–Crippen MR) is 118 cm³/mol. The van der Waals surface area contributed by atoms with Crippen LogP contribution < -0.4 is 9.64 Å². The molecule has 1 fully saturated rings. The van der Waals surface area contributed by atoms with Gasteiger partial charge in [-0.2, -0.15) is 0 Å². The highest BCUT2D eigenvalue weighted by atomic mass is 35.5. The molecule has 0 unspecified atom stereocenters. The van der Waals surface area contributed by atoms with E-state index in [0.29, 0.717) is 51.4 Å². The minimum absolute atomic E-state index is 0.332. The van der Waals surface area contributed by atoms with Crippen LogP contribution in [0.25, 0.3) is 5.57 Å². The number of carbonyl (C=O) groups excluding carboxylic acids is 2. The molecule has 2 aromatic carbocycles. The second-order valence-electron chi connectivity index (χ2n) is 7.29. The summed E-state index contributed by atoms with van der Waals surface area (Å²) < 4.78 is 5.49. The Kier molecular flexibility index (Phi) is 5.73. The van der Waals surface area contributed by atoms with Crippen molar-refractivity contribution in [2.45, 2.75) is 0 Å². The van der Waals surface area contributed by atoms with E-state index in [1.807, 2.05) is 24.1 Å². The largest absolute Gasteiger partial charge is 0.496 e. The monoisotopic (exact) mass is 445 g/mol. The Morgan fingerprint density at radius 1 is 0.900 bits per heavy atom. The summed E-state index contributed by atoms with van der Waals surface area (Å²) in [6.45, 7) is 2.89. The molecule has 4 rings (SSSR count). The number of piperazine rings is 1. The number of carbonyl (C=O) groups is 2. The Morgan fingerprint density at radius 3 is 2.17 bits per heavy atom. The van der Waals surface area contributed by atoms with Gasteiger partial charge in [0, 0.05) is 41.8 Å². The van der Waals surface area contributed by atoms with Crippen LogP contribution in [0.4, 0.5) is 5.69 Å². The number of anilines is 1. The lowest BCUT2D eigenvalue weighted by molar-refractivity contribution is -0.120. The van der Waals surface area contributed by atoms with E-state index in [0.717, 1.165) is 18.0 Å². The molecule has 0 spiro atoms. The van der Waals surface area contributed by atoms with E-state index in [9.17, 15) is 9.59 Å². The van der Waals surface area contributed by atoms with Gasteiger partial charge in [0.2, 0.25) is 0 Å². The number of amides is 2. The summed E-state index contributed by atoms with van der Waals surface area (Å²) in [5.74, 6) is -0.271. The topological polar surface area (TPSA) is 53.1 Å². The van der Waals surface area contributed by atoms with Crippen LogP contribution in [0, 0.1) is 0 Å². The number of likely N-dealkylation sites (N-methyl/N-ethyl adjacent to an activating group) is 1. The Hall–Kier alpha value is -2.54. The number of nitrogens with zero attached hydrogens (tertiary/aromatic N) is 3. The summed E-state index contributed by atoms with van der Waals surface area (Å²) in [5.41, 5.74) is 1.65. The maximum absolute atomic E-state index is 13.6. The standard InChI is InChI=1S/C22H21Cl2N3O3/c1-25-7-9-26(10-8-25)20-19(17-5-3-4-6-18(17)30-2)21(28)27(22(20)29)16-12-14(23)11-15(24)13-16/h3-6,11-13H,7-10H2,1-2H3. The summed E-state index contributed by atoms with van der Waals surface area (Å²) in [6.07, 6.45) is 0. The first kappa shape index (κ1) is 20.7. The van der Waals surface area contributed by atoms with Crippen molar-refractivity contribution in [1.82, 2.24) is 9.80 Å². The van der Waals surface area contributed by atoms with Crippen molar-refractivity contribution in [2.24, 2.45) is 0 Å². The number of imide groups is 1. The van der Waals surface area contributed by atoms with Crippen LogP contribution in [-0.4, -0.2) is 62.0 Å². The predicted octanol–water partition coefficient (Wildman–Crippen LogP) is 3.53. The van der Waals surface area contributed by atoms with Crippen LogP contribution in [0.2, 0.25) is 10.0 Å². The number of ether oxygens (including phenoxy) is 1. The summed E-state index contributed by atoms with van der Waals surface area (Å²) in [4.78, 5) is 32.5. The number of halogens is 2. The van der Waals surface area contributed by atoms with Crippen molar-refractivity contribution in [3.05, 3.63) is 63.8 Å². The number of benzene rings is 2. The zero-order valence-electron chi connectivity index (χ0n) is 16.7. The van der Waals surface area contributed by atoms with E-state index >= 15 is 0 Å². The van der Waals surface area contributed by atoms with Crippen LogP contribution in [0.1, 0.15) is 5.56 Å². The van der Waals surface area contributed by atoms with Gasteiger partial charge in [-0.15, -0.1) is 0 Å². The Morgan fingerprint density at radius 2 is 1.53 bits per heavy atom. The lowest BCUT2D eigenvalue weighted by atomic mass is 10.0. The number of methoxy groups -OCH3 is 1. The lowest BCUT2D eigenvalue weighted by Crippen LogP contribution is -2.46. The minimum atomic E-state index is -0.420. The molecule has 0 atom stereocenters. The summed E-state index contributed by atoms with van der Waals surface area (Å²) in [7, 11) is 3.58. The zero-order chi connectivity index (χ0) is 21.4. The van der Waals surface area contributed by atoms with Gasteiger partial charge >= 0.3 is 0 Å². The van der Waals surface area contributed by atoms with E-state index < -0.39 is 5.91 Å². The molecule has 0 aromatic heterocycles. The molecular formula is C22H21Cl2N3O3. The van der Waals surface area contributed by atoms with Crippen molar-refractivity contribution < 1.29 is 14.3 Å². The van der Waals surface area contributed by atoms with Crippen molar-refractivity contribution >= 4 is 46.3 Å². The highest BCUT2D eigenvalue weighted by molar-refractivity contribution is 6.46. The molecule has 2 aliphatic rings. The van der Waals surface area contributed by atoms with Gasteiger partial charge in [-0.25, -0.2) is 4.90 Å². The highest BCUT2D eigenvalue weighted by Crippen LogP contribution is 2.39. The van der Waals surface area contributed by atoms with Crippen LogP contribution in [-0.2, 0) is 9.59 Å². The maximum Gasteiger partial charge on any atom is 0.282 e. The third-order valence-electron chi connectivity index (χ3n) is 5.36. The number of para-hydroxylation sites is 1. The average Bonchev–Trinajstić information content (AvgIpc) is 2.98. The van der Waals surface area contributed by atoms with Gasteiger partial charge < -0.3 is 14.5 Å². The quantitative estimate of drug-likeness (QED) is 0.673. The molecule has 1 saturated heterocycles. The Labute approximate surface area is 185 Å². The normalized spacial score (nSPS) is 17.9. The fourth-order valence-corrected chi connectivity index (χ4v) is 4.35. The van der Waals surface area contributed by atoms with Crippen LogP contribution in [0.3, 0.4) is 0 Å².